The summed E-state index contributed by atoms with van der Waals surface area (Å²) in [6.45, 7) is 3.21. The van der Waals surface area contributed by atoms with Gasteiger partial charge in [-0.3, -0.25) is 10.2 Å². The van der Waals surface area contributed by atoms with Gasteiger partial charge in [0.15, 0.2) is 11.6 Å². The van der Waals surface area contributed by atoms with Gasteiger partial charge in [0, 0.05) is 32.7 Å². The van der Waals surface area contributed by atoms with Crippen molar-refractivity contribution in [1.29, 1.82) is 0 Å². The second kappa shape index (κ2) is 13.0. The van der Waals surface area contributed by atoms with Gasteiger partial charge in [-0.15, -0.1) is 5.10 Å². The van der Waals surface area contributed by atoms with Crippen molar-refractivity contribution >= 4 is 11.8 Å². The van der Waals surface area contributed by atoms with Crippen LogP contribution in [0.25, 0.3) is 5.69 Å². The molecular weight excluding hydrogens is 512 g/mol. The number of carbonyl (C=O) groups is 1. The Kier molecular flexibility index (Phi) is 9.46. The molecule has 39 heavy (non-hydrogen) atoms. The van der Waals surface area contributed by atoms with Crippen LogP contribution in [-0.2, 0) is 4.74 Å². The number of halogens is 2. The van der Waals surface area contributed by atoms with Gasteiger partial charge in [-0.25, -0.2) is 18.3 Å². The van der Waals surface area contributed by atoms with Gasteiger partial charge in [-0.05, 0) is 36.8 Å². The number of ether oxygens (including phenoxy) is 2. The van der Waals surface area contributed by atoms with E-state index in [1.807, 2.05) is 30.3 Å². The smallest absolute Gasteiger partial charge is 0.320 e. The van der Waals surface area contributed by atoms with Crippen molar-refractivity contribution in [3.05, 3.63) is 71.3 Å². The van der Waals surface area contributed by atoms with Crippen LogP contribution in [0.3, 0.4) is 0 Å². The molecule has 0 saturated carbocycles. The van der Waals surface area contributed by atoms with Gasteiger partial charge in [0.05, 0.1) is 30.5 Å². The monoisotopic (exact) mass is 545 g/mol. The molecule has 3 atom stereocenters. The van der Waals surface area contributed by atoms with Crippen LogP contribution in [0.2, 0.25) is 0 Å². The molecule has 1 aromatic heterocycles. The molecule has 0 bridgehead atoms. The molecule has 1 saturated heterocycles. The standard InChI is InChI=1S/C27H33F2N5O5/c1-17-25(34(19-6-4-3-5-7-19)32-26(17)39-16-20(36)15-35)31-27(37)30-24-14-33(10-11-38-2)13-21(24)18-8-9-22(28)23(29)12-18/h3-9,12,20-21,24,35-36H,10-11,13-16H2,1-2H3,(H2,30,31,37)/t20?,21-,24+/m0/s1. The number of likely N-dealkylation sites (tertiary alicyclic amines) is 1. The first kappa shape index (κ1) is 28.4. The van der Waals surface area contributed by atoms with E-state index in [0.717, 1.165) is 6.07 Å². The fourth-order valence-corrected chi connectivity index (χ4v) is 4.57. The van der Waals surface area contributed by atoms with Crippen LogP contribution in [0, 0.1) is 18.6 Å². The summed E-state index contributed by atoms with van der Waals surface area (Å²) >= 11 is 0. The van der Waals surface area contributed by atoms with Gasteiger partial charge in [-0.1, -0.05) is 24.3 Å². The van der Waals surface area contributed by atoms with Crippen LogP contribution in [0.1, 0.15) is 17.0 Å². The molecule has 2 aromatic carbocycles. The number of amides is 2. The Morgan fingerprint density at radius 3 is 2.64 bits per heavy atom. The minimum absolute atomic E-state index is 0.177. The third-order valence-electron chi connectivity index (χ3n) is 6.63. The number of urea groups is 1. The molecule has 4 rings (SSSR count). The van der Waals surface area contributed by atoms with Gasteiger partial charge in [0.25, 0.3) is 0 Å². The topological polar surface area (TPSA) is 121 Å². The van der Waals surface area contributed by atoms with Crippen LogP contribution in [0.15, 0.2) is 48.5 Å². The number of hydrogen-bond acceptors (Lipinski definition) is 7. The lowest BCUT2D eigenvalue weighted by atomic mass is 9.94. The molecule has 10 nitrogen and oxygen atoms in total. The highest BCUT2D eigenvalue weighted by Gasteiger charge is 2.35. The number of para-hydroxylation sites is 1. The molecule has 1 aliphatic heterocycles. The van der Waals surface area contributed by atoms with E-state index >= 15 is 0 Å². The summed E-state index contributed by atoms with van der Waals surface area (Å²) in [7, 11) is 1.60. The lowest BCUT2D eigenvalue weighted by Crippen LogP contribution is -2.42. The molecule has 1 fully saturated rings. The van der Waals surface area contributed by atoms with E-state index in [1.54, 1.807) is 14.0 Å². The maximum Gasteiger partial charge on any atom is 0.320 e. The van der Waals surface area contributed by atoms with Crippen molar-refractivity contribution < 1.29 is 33.3 Å². The molecule has 0 aliphatic carbocycles. The van der Waals surface area contributed by atoms with E-state index in [2.05, 4.69) is 20.6 Å². The summed E-state index contributed by atoms with van der Waals surface area (Å²) in [5.41, 5.74) is 1.77. The van der Waals surface area contributed by atoms with Crippen molar-refractivity contribution in [2.24, 2.45) is 0 Å². The fourth-order valence-electron chi connectivity index (χ4n) is 4.57. The highest BCUT2D eigenvalue weighted by molar-refractivity contribution is 5.90. The predicted molar refractivity (Wildman–Crippen MR) is 140 cm³/mol. The van der Waals surface area contributed by atoms with E-state index in [0.29, 0.717) is 48.9 Å². The lowest BCUT2D eigenvalue weighted by Gasteiger charge is -2.21. The molecule has 1 unspecified atom stereocenters. The average molecular weight is 546 g/mol. The molecule has 210 valence electrons. The minimum atomic E-state index is -1.08. The summed E-state index contributed by atoms with van der Waals surface area (Å²) in [4.78, 5) is 15.4. The van der Waals surface area contributed by atoms with Crippen molar-refractivity contribution in [2.75, 3.05) is 51.9 Å². The maximum atomic E-state index is 14.0. The van der Waals surface area contributed by atoms with Gasteiger partial charge in [0.2, 0.25) is 5.88 Å². The van der Waals surface area contributed by atoms with E-state index in [9.17, 15) is 18.7 Å². The van der Waals surface area contributed by atoms with Crippen LogP contribution in [0.4, 0.5) is 19.4 Å². The molecule has 12 heteroatoms. The van der Waals surface area contributed by atoms with Gasteiger partial charge < -0.3 is 25.0 Å². The Bertz CT molecular complexity index is 1260. The Hall–Kier alpha value is -3.58. The molecule has 1 aliphatic rings. The third kappa shape index (κ3) is 6.90. The largest absolute Gasteiger partial charge is 0.474 e. The highest BCUT2D eigenvalue weighted by atomic mass is 19.2. The molecule has 2 heterocycles. The van der Waals surface area contributed by atoms with Crippen molar-refractivity contribution in [3.63, 3.8) is 0 Å². The average Bonchev–Trinajstić information content (AvgIpc) is 3.48. The number of aromatic nitrogens is 2. The number of anilines is 1. The molecule has 0 radical (unpaired) electrons. The first-order valence-electron chi connectivity index (χ1n) is 12.6. The second-order valence-corrected chi connectivity index (χ2v) is 9.41. The Morgan fingerprint density at radius 1 is 1.18 bits per heavy atom. The summed E-state index contributed by atoms with van der Waals surface area (Å²) < 4.78 is 39.9. The Morgan fingerprint density at radius 2 is 1.95 bits per heavy atom. The fraction of sp³-hybridized carbons (Fsp3) is 0.407. The zero-order chi connectivity index (χ0) is 27.9. The number of rotatable bonds is 11. The van der Waals surface area contributed by atoms with Crippen molar-refractivity contribution in [1.82, 2.24) is 20.0 Å². The molecule has 0 spiro atoms. The summed E-state index contributed by atoms with van der Waals surface area (Å²) in [6.07, 6.45) is -1.08. The highest BCUT2D eigenvalue weighted by Crippen LogP contribution is 2.31. The maximum absolute atomic E-state index is 14.0. The van der Waals surface area contributed by atoms with Gasteiger partial charge in [-0.2, -0.15) is 0 Å². The van der Waals surface area contributed by atoms with E-state index in [1.165, 1.54) is 16.8 Å². The predicted octanol–water partition coefficient (Wildman–Crippen LogP) is 2.43. The normalized spacial score (nSPS) is 18.2. The minimum Gasteiger partial charge on any atom is -0.474 e. The van der Waals surface area contributed by atoms with Crippen molar-refractivity contribution in [3.8, 4) is 11.6 Å². The van der Waals surface area contributed by atoms with Crippen LogP contribution in [-0.4, -0.2) is 89.6 Å². The lowest BCUT2D eigenvalue weighted by molar-refractivity contribution is 0.0518. The Labute approximate surface area is 225 Å². The van der Waals surface area contributed by atoms with Crippen LogP contribution in [0.5, 0.6) is 5.88 Å². The molecular formula is C27H33F2N5O5. The van der Waals surface area contributed by atoms with E-state index in [4.69, 9.17) is 14.6 Å². The SMILES string of the molecule is COCCN1C[C@@H](NC(=O)Nc2c(C)c(OCC(O)CO)nn2-c2ccccc2)[C@H](c2ccc(F)c(F)c2)C1. The Balaban J connectivity index is 1.56. The molecule has 3 aromatic rings. The van der Waals surface area contributed by atoms with E-state index < -0.39 is 36.4 Å². The third-order valence-corrected chi connectivity index (χ3v) is 6.63. The number of benzene rings is 2. The first-order valence-corrected chi connectivity index (χ1v) is 12.6. The number of hydrogen-bond donors (Lipinski definition) is 4. The number of nitrogens with zero attached hydrogens (tertiary/aromatic N) is 3. The summed E-state index contributed by atoms with van der Waals surface area (Å²) in [6, 6.07) is 12.0. The number of carbonyl (C=O) groups excluding carboxylic acids is 1. The second-order valence-electron chi connectivity index (χ2n) is 9.41. The molecule has 2 amide bonds. The summed E-state index contributed by atoms with van der Waals surface area (Å²) in [5, 5.41) is 29.1. The number of aliphatic hydroxyl groups is 2. The quantitative estimate of drug-likeness (QED) is 0.292. The zero-order valence-corrected chi connectivity index (χ0v) is 21.8. The van der Waals surface area contributed by atoms with Gasteiger partial charge in [0.1, 0.15) is 18.5 Å². The van der Waals surface area contributed by atoms with E-state index in [-0.39, 0.29) is 18.4 Å². The van der Waals surface area contributed by atoms with Crippen molar-refractivity contribution in [2.45, 2.75) is 25.0 Å². The number of methoxy groups -OCH3 is 1. The molecule has 4 N–H and O–H groups in total. The van der Waals surface area contributed by atoms with Crippen LogP contribution >= 0.6 is 0 Å². The number of nitrogens with one attached hydrogen (secondary N) is 2. The summed E-state index contributed by atoms with van der Waals surface area (Å²) in [5.74, 6) is -1.60. The van der Waals surface area contributed by atoms with Gasteiger partial charge >= 0.3 is 6.03 Å². The zero-order valence-electron chi connectivity index (χ0n) is 21.8. The van der Waals surface area contributed by atoms with Crippen LogP contribution < -0.4 is 15.4 Å². The number of aliphatic hydroxyl groups excluding tert-OH is 2. The first-order chi connectivity index (χ1) is 18.8.